The number of nitrogens with zero attached hydrogens (tertiary/aromatic N) is 3. The second-order valence-corrected chi connectivity index (χ2v) is 8.56. The third kappa shape index (κ3) is 6.00. The zero-order chi connectivity index (χ0) is 21.1. The number of hydrogen-bond donors (Lipinski definition) is 2. The number of guanidine groups is 1. The molecular formula is C23H30ClFIN5. The predicted octanol–water partition coefficient (Wildman–Crippen LogP) is 4.88. The number of rotatable bonds is 5. The second kappa shape index (κ2) is 10.8. The van der Waals surface area contributed by atoms with Crippen molar-refractivity contribution >= 4 is 47.4 Å². The Hall–Kier alpha value is -1.61. The van der Waals surface area contributed by atoms with Crippen molar-refractivity contribution < 1.29 is 4.39 Å². The molecule has 0 amide bonds. The molecule has 4 rings (SSSR count). The van der Waals surface area contributed by atoms with Gasteiger partial charge in [-0.1, -0.05) is 23.7 Å². The number of pyridine rings is 1. The van der Waals surface area contributed by atoms with Crippen molar-refractivity contribution in [2.45, 2.75) is 51.1 Å². The van der Waals surface area contributed by atoms with Gasteiger partial charge in [-0.2, -0.15) is 0 Å². The van der Waals surface area contributed by atoms with Gasteiger partial charge in [-0.05, 0) is 56.9 Å². The normalized spacial score (nSPS) is 21.4. The Morgan fingerprint density at radius 1 is 1.23 bits per heavy atom. The van der Waals surface area contributed by atoms with Crippen LogP contribution in [-0.4, -0.2) is 42.7 Å². The van der Waals surface area contributed by atoms with Crippen molar-refractivity contribution in [3.8, 4) is 0 Å². The summed E-state index contributed by atoms with van der Waals surface area (Å²) in [6, 6.07) is 9.60. The topological polar surface area (TPSA) is 52.6 Å². The average Bonchev–Trinajstić information content (AvgIpc) is 3.48. The fourth-order valence-corrected chi connectivity index (χ4v) is 4.40. The van der Waals surface area contributed by atoms with E-state index in [1.165, 1.54) is 11.6 Å². The number of aromatic nitrogens is 1. The molecule has 1 aliphatic carbocycles. The van der Waals surface area contributed by atoms with Gasteiger partial charge in [0.05, 0.1) is 0 Å². The largest absolute Gasteiger partial charge is 0.356 e. The summed E-state index contributed by atoms with van der Waals surface area (Å²) in [5, 5.41) is 7.56. The number of anilines is 1. The zero-order valence-corrected chi connectivity index (χ0v) is 21.0. The van der Waals surface area contributed by atoms with Crippen LogP contribution >= 0.6 is 35.6 Å². The summed E-state index contributed by atoms with van der Waals surface area (Å²) in [4.78, 5) is 11.5. The summed E-state index contributed by atoms with van der Waals surface area (Å²) in [5.41, 5.74) is 1.79. The minimum Gasteiger partial charge on any atom is -0.356 e. The quantitative estimate of drug-likeness (QED) is 0.313. The van der Waals surface area contributed by atoms with Gasteiger partial charge in [0.1, 0.15) is 11.6 Å². The van der Waals surface area contributed by atoms with Gasteiger partial charge >= 0.3 is 0 Å². The number of hydrogen-bond acceptors (Lipinski definition) is 3. The molecule has 2 atom stereocenters. The molecule has 8 heteroatoms. The smallest absolute Gasteiger partial charge is 0.191 e. The number of aliphatic imine (C=N–C) groups is 1. The van der Waals surface area contributed by atoms with E-state index in [9.17, 15) is 4.39 Å². The van der Waals surface area contributed by atoms with Crippen molar-refractivity contribution in [3.63, 3.8) is 0 Å². The molecule has 0 spiro atoms. The third-order valence-electron chi connectivity index (χ3n) is 5.85. The van der Waals surface area contributed by atoms with Gasteiger partial charge in [-0.3, -0.25) is 4.99 Å². The van der Waals surface area contributed by atoms with E-state index in [-0.39, 0.29) is 41.8 Å². The predicted molar refractivity (Wildman–Crippen MR) is 136 cm³/mol. The first-order valence-corrected chi connectivity index (χ1v) is 11.1. The Morgan fingerprint density at radius 3 is 2.65 bits per heavy atom. The van der Waals surface area contributed by atoms with Crippen molar-refractivity contribution in [3.05, 3.63) is 58.5 Å². The standard InChI is InChI=1S/C23H29ClFN5.HI/c1-3-26-23(29-20-13-17(20)22-18(24)5-4-6-19(22)25)28-16-9-11-30(12-10-16)21-8-7-15(2)14-27-21;/h4-8,14,16-17,20H,3,9-13H2,1-2H3,(H2,26,28,29);1H. The molecule has 2 aromatic rings. The first-order chi connectivity index (χ1) is 14.5. The summed E-state index contributed by atoms with van der Waals surface area (Å²) in [6.07, 6.45) is 4.83. The highest BCUT2D eigenvalue weighted by atomic mass is 127. The van der Waals surface area contributed by atoms with Crippen LogP contribution in [0.1, 0.15) is 43.2 Å². The molecule has 1 aliphatic heterocycles. The van der Waals surface area contributed by atoms with Crippen LogP contribution in [0.25, 0.3) is 0 Å². The number of nitrogens with one attached hydrogen (secondary N) is 2. The lowest BCUT2D eigenvalue weighted by molar-refractivity contribution is 0.459. The van der Waals surface area contributed by atoms with E-state index in [0.717, 1.165) is 44.1 Å². The van der Waals surface area contributed by atoms with Gasteiger partial charge in [0.2, 0.25) is 0 Å². The number of halogens is 3. The second-order valence-electron chi connectivity index (χ2n) is 8.15. The summed E-state index contributed by atoms with van der Waals surface area (Å²) in [5.74, 6) is 1.72. The van der Waals surface area contributed by atoms with E-state index in [1.807, 2.05) is 13.1 Å². The lowest BCUT2D eigenvalue weighted by atomic mass is 10.1. The van der Waals surface area contributed by atoms with Gasteiger partial charge in [0.15, 0.2) is 5.96 Å². The molecule has 2 aliphatic rings. The highest BCUT2D eigenvalue weighted by molar-refractivity contribution is 14.0. The van der Waals surface area contributed by atoms with E-state index < -0.39 is 0 Å². The molecule has 2 fully saturated rings. The molecule has 1 saturated heterocycles. The van der Waals surface area contributed by atoms with Crippen LogP contribution in [0.4, 0.5) is 10.2 Å². The summed E-state index contributed by atoms with van der Waals surface area (Å²) >= 11 is 6.23. The maximum Gasteiger partial charge on any atom is 0.191 e. The lowest BCUT2D eigenvalue weighted by Gasteiger charge is -2.34. The Labute approximate surface area is 205 Å². The van der Waals surface area contributed by atoms with Crippen molar-refractivity contribution in [2.24, 2.45) is 4.99 Å². The molecule has 168 valence electrons. The lowest BCUT2D eigenvalue weighted by Crippen LogP contribution is -2.49. The highest BCUT2D eigenvalue weighted by Gasteiger charge is 2.42. The highest BCUT2D eigenvalue weighted by Crippen LogP contribution is 2.44. The van der Waals surface area contributed by atoms with Gasteiger partial charge in [0.25, 0.3) is 0 Å². The molecule has 2 N–H and O–H groups in total. The maximum absolute atomic E-state index is 14.2. The van der Waals surface area contributed by atoms with E-state index in [1.54, 1.807) is 12.1 Å². The van der Waals surface area contributed by atoms with Crippen LogP contribution in [0.5, 0.6) is 0 Å². The van der Waals surface area contributed by atoms with E-state index in [2.05, 4.69) is 44.6 Å². The zero-order valence-electron chi connectivity index (χ0n) is 17.9. The molecule has 1 aromatic carbocycles. The molecule has 5 nitrogen and oxygen atoms in total. The summed E-state index contributed by atoms with van der Waals surface area (Å²) < 4.78 is 14.2. The Balaban J connectivity index is 0.00000272. The Bertz CT molecular complexity index is 879. The third-order valence-corrected chi connectivity index (χ3v) is 6.18. The van der Waals surface area contributed by atoms with Crippen LogP contribution in [-0.2, 0) is 0 Å². The molecule has 0 bridgehead atoms. The van der Waals surface area contributed by atoms with Gasteiger partial charge in [-0.15, -0.1) is 24.0 Å². The maximum atomic E-state index is 14.2. The van der Waals surface area contributed by atoms with E-state index in [4.69, 9.17) is 11.6 Å². The van der Waals surface area contributed by atoms with Crippen molar-refractivity contribution in [1.29, 1.82) is 0 Å². The minimum absolute atomic E-state index is 0. The van der Waals surface area contributed by atoms with E-state index in [0.29, 0.717) is 23.2 Å². The minimum atomic E-state index is -0.226. The fraction of sp³-hybridized carbons (Fsp3) is 0.478. The number of aryl methyl sites for hydroxylation is 1. The first-order valence-electron chi connectivity index (χ1n) is 10.7. The first kappa shape index (κ1) is 24.0. The molecule has 0 radical (unpaired) electrons. The van der Waals surface area contributed by atoms with Crippen LogP contribution in [0.3, 0.4) is 0 Å². The van der Waals surface area contributed by atoms with Crippen LogP contribution < -0.4 is 15.5 Å². The molecule has 31 heavy (non-hydrogen) atoms. The molecule has 1 saturated carbocycles. The van der Waals surface area contributed by atoms with Crippen LogP contribution in [0.2, 0.25) is 5.02 Å². The van der Waals surface area contributed by atoms with Crippen LogP contribution in [0, 0.1) is 12.7 Å². The van der Waals surface area contributed by atoms with Gasteiger partial charge < -0.3 is 15.5 Å². The molecule has 2 heterocycles. The number of benzene rings is 1. The molecule has 1 aromatic heterocycles. The monoisotopic (exact) mass is 557 g/mol. The van der Waals surface area contributed by atoms with Crippen molar-refractivity contribution in [1.82, 2.24) is 15.6 Å². The van der Waals surface area contributed by atoms with Crippen molar-refractivity contribution in [2.75, 3.05) is 24.5 Å². The van der Waals surface area contributed by atoms with Gasteiger partial charge in [0, 0.05) is 54.4 Å². The van der Waals surface area contributed by atoms with Gasteiger partial charge in [-0.25, -0.2) is 9.37 Å². The van der Waals surface area contributed by atoms with Crippen LogP contribution in [0.15, 0.2) is 41.5 Å². The fourth-order valence-electron chi connectivity index (χ4n) is 4.10. The molecule has 2 unspecified atom stereocenters. The van der Waals surface area contributed by atoms with E-state index >= 15 is 0 Å². The molecular weight excluding hydrogens is 528 g/mol. The summed E-state index contributed by atoms with van der Waals surface area (Å²) in [6.45, 7) is 6.69. The Morgan fingerprint density at radius 2 is 2.00 bits per heavy atom. The SMILES string of the molecule is CCN=C(NC1CCN(c2ccc(C)cn2)CC1)NC1CC1c1c(F)cccc1Cl.I. The summed E-state index contributed by atoms with van der Waals surface area (Å²) in [7, 11) is 0. The number of piperidine rings is 1. The average molecular weight is 558 g/mol. The Kier molecular flexibility index (Phi) is 8.38.